The van der Waals surface area contributed by atoms with Crippen molar-refractivity contribution in [1.82, 2.24) is 9.78 Å². The molecule has 1 aromatic carbocycles. The normalized spacial score (nSPS) is 11.1. The molecule has 0 amide bonds. The molecule has 1 aromatic heterocycles. The van der Waals surface area contributed by atoms with Gasteiger partial charge in [0.1, 0.15) is 5.82 Å². The van der Waals surface area contributed by atoms with E-state index in [0.29, 0.717) is 17.5 Å². The molecule has 0 aliphatic carbocycles. The van der Waals surface area contributed by atoms with E-state index in [-0.39, 0.29) is 5.82 Å². The molecular weight excluding hydrogens is 265 g/mol. The van der Waals surface area contributed by atoms with Crippen LogP contribution in [-0.2, 0) is 13.6 Å². The first kappa shape index (κ1) is 13.9. The van der Waals surface area contributed by atoms with Gasteiger partial charge in [0.2, 0.25) is 0 Å². The number of halogens is 2. The Morgan fingerprint density at radius 1 is 1.42 bits per heavy atom. The minimum atomic E-state index is -0.334. The molecule has 2 rings (SSSR count). The van der Waals surface area contributed by atoms with Crippen LogP contribution in [0.15, 0.2) is 24.4 Å². The maximum absolute atomic E-state index is 13.0. The Balaban J connectivity index is 2.14. The summed E-state index contributed by atoms with van der Waals surface area (Å²) in [7, 11) is 1.90. The molecule has 0 spiro atoms. The van der Waals surface area contributed by atoms with E-state index in [1.165, 1.54) is 12.1 Å². The average molecular weight is 282 g/mol. The summed E-state index contributed by atoms with van der Waals surface area (Å²) in [5, 5.41) is 8.04. The number of benzene rings is 1. The van der Waals surface area contributed by atoms with Gasteiger partial charge in [0.25, 0.3) is 0 Å². The highest BCUT2D eigenvalue weighted by Gasteiger charge is 2.11. The molecule has 5 heteroatoms. The van der Waals surface area contributed by atoms with Gasteiger partial charge in [-0.25, -0.2) is 4.39 Å². The lowest BCUT2D eigenvalue weighted by atomic mass is 10.1. The summed E-state index contributed by atoms with van der Waals surface area (Å²) in [5.41, 5.74) is 2.91. The predicted octanol–water partition coefficient (Wildman–Crippen LogP) is 3.95. The minimum Gasteiger partial charge on any atom is -0.380 e. The van der Waals surface area contributed by atoms with E-state index in [9.17, 15) is 4.39 Å². The van der Waals surface area contributed by atoms with Crippen LogP contribution in [0.2, 0.25) is 5.02 Å². The van der Waals surface area contributed by atoms with Crippen molar-refractivity contribution in [1.29, 1.82) is 0 Å². The lowest BCUT2D eigenvalue weighted by Crippen LogP contribution is -2.03. The van der Waals surface area contributed by atoms with Gasteiger partial charge < -0.3 is 5.32 Å². The van der Waals surface area contributed by atoms with Crippen LogP contribution in [0, 0.1) is 5.82 Å². The predicted molar refractivity (Wildman–Crippen MR) is 76.0 cm³/mol. The van der Waals surface area contributed by atoms with Gasteiger partial charge in [-0.1, -0.05) is 25.4 Å². The van der Waals surface area contributed by atoms with Gasteiger partial charge in [-0.2, -0.15) is 5.10 Å². The molecule has 3 nitrogen and oxygen atoms in total. The summed E-state index contributed by atoms with van der Waals surface area (Å²) in [6.45, 7) is 4.83. The lowest BCUT2D eigenvalue weighted by Gasteiger charge is -2.09. The number of nitrogens with zero attached hydrogens (tertiary/aromatic N) is 2. The molecule has 0 radical (unpaired) electrons. The molecule has 0 aliphatic heterocycles. The molecule has 0 unspecified atom stereocenters. The Bertz CT molecular complexity index is 578. The summed E-state index contributed by atoms with van der Waals surface area (Å²) in [6.07, 6.45) is 1.99. The number of nitrogens with one attached hydrogen (secondary N) is 1. The van der Waals surface area contributed by atoms with Crippen LogP contribution in [0.1, 0.15) is 31.0 Å². The van der Waals surface area contributed by atoms with Gasteiger partial charge in [0.05, 0.1) is 16.4 Å². The van der Waals surface area contributed by atoms with E-state index in [0.717, 1.165) is 16.9 Å². The Morgan fingerprint density at radius 2 is 2.16 bits per heavy atom. The molecule has 2 aromatic rings. The number of aromatic nitrogens is 2. The van der Waals surface area contributed by atoms with Gasteiger partial charge in [-0.15, -0.1) is 0 Å². The van der Waals surface area contributed by atoms with Crippen LogP contribution >= 0.6 is 11.6 Å². The monoisotopic (exact) mass is 281 g/mol. The molecular formula is C14H17ClFN3. The highest BCUT2D eigenvalue weighted by Crippen LogP contribution is 2.24. The van der Waals surface area contributed by atoms with Crippen molar-refractivity contribution < 1.29 is 4.39 Å². The van der Waals surface area contributed by atoms with Crippen molar-refractivity contribution in [3.05, 3.63) is 46.5 Å². The van der Waals surface area contributed by atoms with Gasteiger partial charge in [0.15, 0.2) is 0 Å². The average Bonchev–Trinajstić information content (AvgIpc) is 2.69. The first-order valence-corrected chi connectivity index (χ1v) is 6.56. The molecule has 1 heterocycles. The molecule has 0 aliphatic rings. The third-order valence-electron chi connectivity index (χ3n) is 2.88. The van der Waals surface area contributed by atoms with E-state index < -0.39 is 0 Å². The largest absolute Gasteiger partial charge is 0.380 e. The Morgan fingerprint density at radius 3 is 2.79 bits per heavy atom. The number of aryl methyl sites for hydroxylation is 1. The lowest BCUT2D eigenvalue weighted by molar-refractivity contribution is 0.628. The zero-order valence-corrected chi connectivity index (χ0v) is 12.0. The number of rotatable bonds is 4. The Labute approximate surface area is 117 Å². The molecule has 1 N–H and O–H groups in total. The second-order valence-electron chi connectivity index (χ2n) is 4.85. The van der Waals surface area contributed by atoms with Crippen molar-refractivity contribution >= 4 is 17.3 Å². The zero-order chi connectivity index (χ0) is 14.0. The third kappa shape index (κ3) is 3.26. The summed E-state index contributed by atoms with van der Waals surface area (Å²) in [6, 6.07) is 4.33. The highest BCUT2D eigenvalue weighted by atomic mass is 35.5. The highest BCUT2D eigenvalue weighted by molar-refractivity contribution is 6.33. The standard InChI is InChI=1S/C14H17ClFN3/c1-9(2)14-10(8-19(3)18-14)7-17-13-5-4-11(16)6-12(13)15/h4-6,8-9,17H,7H2,1-3H3. The van der Waals surface area contributed by atoms with Gasteiger partial charge >= 0.3 is 0 Å². The van der Waals surface area contributed by atoms with E-state index in [4.69, 9.17) is 11.6 Å². The van der Waals surface area contributed by atoms with Crippen LogP contribution in [0.25, 0.3) is 0 Å². The van der Waals surface area contributed by atoms with Crippen LogP contribution in [0.4, 0.5) is 10.1 Å². The zero-order valence-electron chi connectivity index (χ0n) is 11.2. The number of anilines is 1. The molecule has 0 bridgehead atoms. The van der Waals surface area contributed by atoms with Crippen molar-refractivity contribution in [2.24, 2.45) is 7.05 Å². The van der Waals surface area contributed by atoms with E-state index in [1.54, 1.807) is 10.7 Å². The van der Waals surface area contributed by atoms with E-state index >= 15 is 0 Å². The fourth-order valence-corrected chi connectivity index (χ4v) is 2.23. The summed E-state index contributed by atoms with van der Waals surface area (Å²) in [5.74, 6) is 0.0292. The molecule has 0 saturated heterocycles. The fourth-order valence-electron chi connectivity index (χ4n) is 2.00. The second kappa shape index (κ2) is 5.61. The maximum Gasteiger partial charge on any atom is 0.124 e. The van der Waals surface area contributed by atoms with E-state index in [2.05, 4.69) is 24.3 Å². The Hall–Kier alpha value is -1.55. The quantitative estimate of drug-likeness (QED) is 0.920. The fraction of sp³-hybridized carbons (Fsp3) is 0.357. The SMILES string of the molecule is CC(C)c1nn(C)cc1CNc1ccc(F)cc1Cl. The van der Waals surface area contributed by atoms with Crippen molar-refractivity contribution in [3.8, 4) is 0 Å². The summed E-state index contributed by atoms with van der Waals surface area (Å²) < 4.78 is 14.8. The van der Waals surface area contributed by atoms with Gasteiger partial charge in [-0.3, -0.25) is 4.68 Å². The summed E-state index contributed by atoms with van der Waals surface area (Å²) in [4.78, 5) is 0. The second-order valence-corrected chi connectivity index (χ2v) is 5.25. The number of hydrogen-bond donors (Lipinski definition) is 1. The van der Waals surface area contributed by atoms with Crippen LogP contribution in [0.5, 0.6) is 0 Å². The third-order valence-corrected chi connectivity index (χ3v) is 3.20. The van der Waals surface area contributed by atoms with Crippen LogP contribution in [-0.4, -0.2) is 9.78 Å². The van der Waals surface area contributed by atoms with Crippen LogP contribution < -0.4 is 5.32 Å². The molecule has 102 valence electrons. The Kier molecular flexibility index (Phi) is 4.10. The first-order valence-electron chi connectivity index (χ1n) is 6.18. The number of hydrogen-bond acceptors (Lipinski definition) is 2. The topological polar surface area (TPSA) is 29.9 Å². The molecule has 0 atom stereocenters. The summed E-state index contributed by atoms with van der Waals surface area (Å²) >= 11 is 5.98. The van der Waals surface area contributed by atoms with Crippen LogP contribution in [0.3, 0.4) is 0 Å². The smallest absolute Gasteiger partial charge is 0.124 e. The van der Waals surface area contributed by atoms with Crippen molar-refractivity contribution in [2.45, 2.75) is 26.3 Å². The van der Waals surface area contributed by atoms with Crippen molar-refractivity contribution in [2.75, 3.05) is 5.32 Å². The molecule has 0 saturated carbocycles. The first-order chi connectivity index (χ1) is 8.97. The van der Waals surface area contributed by atoms with Crippen molar-refractivity contribution in [3.63, 3.8) is 0 Å². The van der Waals surface area contributed by atoms with Gasteiger partial charge in [0, 0.05) is 25.4 Å². The molecule has 0 fully saturated rings. The molecule has 19 heavy (non-hydrogen) atoms. The van der Waals surface area contributed by atoms with E-state index in [1.807, 2.05) is 13.2 Å². The maximum atomic E-state index is 13.0. The van der Waals surface area contributed by atoms with Gasteiger partial charge in [-0.05, 0) is 24.1 Å². The minimum absolute atomic E-state index is 0.334.